The van der Waals surface area contributed by atoms with E-state index in [0.717, 1.165) is 49.8 Å². The Bertz CT molecular complexity index is 1120. The zero-order valence-electron chi connectivity index (χ0n) is 19.9. The van der Waals surface area contributed by atoms with Crippen molar-refractivity contribution in [3.05, 3.63) is 47.9 Å². The summed E-state index contributed by atoms with van der Waals surface area (Å²) in [7, 11) is 1.67. The van der Waals surface area contributed by atoms with Crippen molar-refractivity contribution in [1.29, 1.82) is 0 Å². The molecule has 6 atom stereocenters. The van der Waals surface area contributed by atoms with Gasteiger partial charge in [-0.2, -0.15) is 4.98 Å². The second kappa shape index (κ2) is 7.56. The van der Waals surface area contributed by atoms with Crippen LogP contribution < -0.4 is 4.74 Å². The number of aromatic nitrogens is 2. The molecule has 0 amide bonds. The molecule has 0 radical (unpaired) electrons. The summed E-state index contributed by atoms with van der Waals surface area (Å²) in [5.74, 6) is 4.15. The number of rotatable bonds is 3. The summed E-state index contributed by atoms with van der Waals surface area (Å²) in [6.07, 6.45) is 12.3. The first-order valence-electron chi connectivity index (χ1n) is 12.5. The molecule has 0 saturated heterocycles. The van der Waals surface area contributed by atoms with E-state index in [0.29, 0.717) is 29.5 Å². The van der Waals surface area contributed by atoms with E-state index in [-0.39, 0.29) is 16.9 Å². The predicted molar refractivity (Wildman–Crippen MR) is 127 cm³/mol. The third-order valence-corrected chi connectivity index (χ3v) is 9.66. The highest BCUT2D eigenvalue weighted by molar-refractivity contribution is 5.69. The Hall–Kier alpha value is -2.40. The van der Waals surface area contributed by atoms with Gasteiger partial charge in [-0.05, 0) is 92.4 Å². The number of ether oxygens (including phenoxy) is 1. The second-order valence-electron chi connectivity index (χ2n) is 11.1. The Morgan fingerprint density at radius 1 is 1.00 bits per heavy atom. The van der Waals surface area contributed by atoms with Crippen molar-refractivity contribution in [2.24, 2.45) is 28.6 Å². The lowest BCUT2D eigenvalue weighted by Crippen LogP contribution is -2.49. The third kappa shape index (κ3) is 3.15. The highest BCUT2D eigenvalue weighted by Gasteiger charge is 2.57. The monoisotopic (exact) mass is 446 g/mol. The molecular weight excluding hydrogens is 412 g/mol. The predicted octanol–water partition coefficient (Wildman–Crippen LogP) is 6.06. The molecular formula is C28H34N2O3. The third-order valence-electron chi connectivity index (χ3n) is 9.66. The van der Waals surface area contributed by atoms with Crippen LogP contribution in [0.25, 0.3) is 17.0 Å². The minimum absolute atomic E-state index is 0.0841. The molecule has 2 aromatic rings. The maximum atomic E-state index is 10.2. The maximum Gasteiger partial charge on any atom is 0.254 e. The van der Waals surface area contributed by atoms with Crippen molar-refractivity contribution < 1.29 is 14.4 Å². The molecule has 0 spiro atoms. The van der Waals surface area contributed by atoms with Gasteiger partial charge < -0.3 is 14.4 Å². The highest BCUT2D eigenvalue weighted by atomic mass is 16.5. The molecule has 5 heteroatoms. The van der Waals surface area contributed by atoms with Gasteiger partial charge >= 0.3 is 0 Å². The molecule has 4 aliphatic carbocycles. The normalized spacial score (nSPS) is 37.5. The molecule has 0 unspecified atom stereocenters. The van der Waals surface area contributed by atoms with Gasteiger partial charge in [0, 0.05) is 16.6 Å². The summed E-state index contributed by atoms with van der Waals surface area (Å²) in [5, 5.41) is 14.6. The molecule has 174 valence electrons. The van der Waals surface area contributed by atoms with E-state index in [1.54, 1.807) is 7.11 Å². The van der Waals surface area contributed by atoms with Crippen LogP contribution >= 0.6 is 0 Å². The molecule has 0 bridgehead atoms. The minimum atomic E-state index is -0.146. The van der Waals surface area contributed by atoms with E-state index >= 15 is 0 Å². The van der Waals surface area contributed by atoms with Crippen molar-refractivity contribution in [3.8, 4) is 17.1 Å². The van der Waals surface area contributed by atoms with Crippen LogP contribution in [-0.4, -0.2) is 28.5 Å². The number of nitrogens with zero attached hydrogens (tertiary/aromatic N) is 2. The Labute approximate surface area is 195 Å². The van der Waals surface area contributed by atoms with Crippen LogP contribution in [0.15, 0.2) is 46.5 Å². The zero-order valence-corrected chi connectivity index (χ0v) is 19.9. The highest BCUT2D eigenvalue weighted by Crippen LogP contribution is 2.66. The molecule has 1 aromatic heterocycles. The number of methoxy groups -OCH3 is 1. The summed E-state index contributed by atoms with van der Waals surface area (Å²) in [5.41, 5.74) is 4.06. The van der Waals surface area contributed by atoms with Crippen LogP contribution in [0.2, 0.25) is 0 Å². The van der Waals surface area contributed by atoms with Crippen LogP contribution in [0.1, 0.15) is 64.7 Å². The maximum absolute atomic E-state index is 10.2. The second-order valence-corrected chi connectivity index (χ2v) is 11.1. The van der Waals surface area contributed by atoms with E-state index in [1.165, 1.54) is 17.6 Å². The Kier molecular flexibility index (Phi) is 4.84. The molecule has 1 aromatic carbocycles. The SMILES string of the molecule is COc1ccc(-c2noc(C3=CC[C@H]4[C@@H]5CC=C6C[C@@H](O)CC[C@]6(C)[C@H]5CC[C@]34C)n2)cc1. The Morgan fingerprint density at radius 2 is 1.79 bits per heavy atom. The average molecular weight is 447 g/mol. The first-order valence-corrected chi connectivity index (χ1v) is 12.5. The first kappa shape index (κ1) is 21.2. The van der Waals surface area contributed by atoms with E-state index in [9.17, 15) is 5.11 Å². The molecule has 33 heavy (non-hydrogen) atoms. The molecule has 5 nitrogen and oxygen atoms in total. The number of benzene rings is 1. The largest absolute Gasteiger partial charge is 0.497 e. The van der Waals surface area contributed by atoms with E-state index in [1.807, 2.05) is 24.3 Å². The quantitative estimate of drug-likeness (QED) is 0.580. The summed E-state index contributed by atoms with van der Waals surface area (Å²) in [6.45, 7) is 4.91. The summed E-state index contributed by atoms with van der Waals surface area (Å²) in [6, 6.07) is 7.79. The molecule has 4 aliphatic rings. The molecule has 1 heterocycles. The van der Waals surface area contributed by atoms with E-state index in [2.05, 4.69) is 31.2 Å². The van der Waals surface area contributed by atoms with Gasteiger partial charge in [0.2, 0.25) is 5.82 Å². The number of hydrogen-bond acceptors (Lipinski definition) is 5. The number of aliphatic hydroxyl groups is 1. The van der Waals surface area contributed by atoms with Crippen LogP contribution in [0.3, 0.4) is 0 Å². The van der Waals surface area contributed by atoms with Gasteiger partial charge in [-0.1, -0.05) is 36.7 Å². The Morgan fingerprint density at radius 3 is 2.58 bits per heavy atom. The number of fused-ring (bicyclic) bond motifs is 5. The van der Waals surface area contributed by atoms with Crippen molar-refractivity contribution >= 4 is 5.57 Å². The van der Waals surface area contributed by atoms with Gasteiger partial charge in [0.05, 0.1) is 13.2 Å². The van der Waals surface area contributed by atoms with Gasteiger partial charge in [0.25, 0.3) is 5.89 Å². The van der Waals surface area contributed by atoms with Gasteiger partial charge in [-0.15, -0.1) is 0 Å². The number of aliphatic hydroxyl groups excluding tert-OH is 1. The fraction of sp³-hybridized carbons (Fsp3) is 0.571. The van der Waals surface area contributed by atoms with Crippen molar-refractivity contribution in [2.45, 2.75) is 64.9 Å². The Balaban J connectivity index is 1.27. The molecule has 6 rings (SSSR count). The van der Waals surface area contributed by atoms with Gasteiger partial charge in [-0.25, -0.2) is 0 Å². The molecule has 0 aliphatic heterocycles. The lowest BCUT2D eigenvalue weighted by atomic mass is 9.47. The van der Waals surface area contributed by atoms with E-state index in [4.69, 9.17) is 14.2 Å². The number of allylic oxidation sites excluding steroid dienone is 3. The standard InChI is InChI=1S/C28H34N2O3/c1-27-14-12-19(31)16-18(27)6-9-21-22-10-11-24(28(22,2)15-13-23(21)27)26-29-25(30-33-26)17-4-7-20(32-3)8-5-17/h4-8,11,19,21-23,31H,9-10,12-16H2,1-3H3/t19-,21-,22-,23-,27-,28-/m0/s1. The van der Waals surface area contributed by atoms with Crippen LogP contribution in [0.4, 0.5) is 0 Å². The van der Waals surface area contributed by atoms with Crippen molar-refractivity contribution in [1.82, 2.24) is 10.1 Å². The van der Waals surface area contributed by atoms with Gasteiger partial charge in [0.1, 0.15) is 5.75 Å². The number of hydrogen-bond donors (Lipinski definition) is 1. The first-order chi connectivity index (χ1) is 15.9. The summed E-state index contributed by atoms with van der Waals surface area (Å²) >= 11 is 0. The average Bonchev–Trinajstić information content (AvgIpc) is 3.44. The lowest BCUT2D eigenvalue weighted by molar-refractivity contribution is -0.0242. The van der Waals surface area contributed by atoms with E-state index < -0.39 is 0 Å². The fourth-order valence-corrected chi connectivity index (χ4v) is 7.73. The van der Waals surface area contributed by atoms with Crippen molar-refractivity contribution in [3.63, 3.8) is 0 Å². The van der Waals surface area contributed by atoms with Crippen LogP contribution in [0.5, 0.6) is 5.75 Å². The topological polar surface area (TPSA) is 68.4 Å². The molecule has 1 N–H and O–H groups in total. The van der Waals surface area contributed by atoms with Crippen LogP contribution in [-0.2, 0) is 0 Å². The minimum Gasteiger partial charge on any atom is -0.497 e. The van der Waals surface area contributed by atoms with Gasteiger partial charge in [-0.3, -0.25) is 0 Å². The van der Waals surface area contributed by atoms with Gasteiger partial charge in [0.15, 0.2) is 0 Å². The van der Waals surface area contributed by atoms with Crippen molar-refractivity contribution in [2.75, 3.05) is 7.11 Å². The zero-order chi connectivity index (χ0) is 22.8. The smallest absolute Gasteiger partial charge is 0.254 e. The molecule has 2 saturated carbocycles. The molecule has 2 fully saturated rings. The van der Waals surface area contributed by atoms with Crippen LogP contribution in [0, 0.1) is 28.6 Å². The summed E-state index contributed by atoms with van der Waals surface area (Å²) < 4.78 is 11.1. The summed E-state index contributed by atoms with van der Waals surface area (Å²) in [4.78, 5) is 4.82. The lowest BCUT2D eigenvalue weighted by Gasteiger charge is -2.57. The fourth-order valence-electron chi connectivity index (χ4n) is 7.73.